The minimum Gasteiger partial charge on any atom is -0.355 e. The van der Waals surface area contributed by atoms with Crippen molar-refractivity contribution < 1.29 is 0 Å². The van der Waals surface area contributed by atoms with E-state index in [1.165, 1.54) is 0 Å². The van der Waals surface area contributed by atoms with Crippen LogP contribution in [0.1, 0.15) is 18.5 Å². The third-order valence-corrected chi connectivity index (χ3v) is 5.30. The van der Waals surface area contributed by atoms with E-state index in [0.717, 1.165) is 49.2 Å². The second kappa shape index (κ2) is 7.21. The Balaban J connectivity index is 1.48. The van der Waals surface area contributed by atoms with Crippen LogP contribution in [0.4, 0.5) is 5.82 Å². The summed E-state index contributed by atoms with van der Waals surface area (Å²) in [6, 6.07) is 9.04. The van der Waals surface area contributed by atoms with Crippen molar-refractivity contribution >= 4 is 39.8 Å². The fraction of sp³-hybridized carbons (Fsp3) is 0.333. The van der Waals surface area contributed by atoms with Crippen molar-refractivity contribution in [3.8, 4) is 0 Å². The quantitative estimate of drug-likeness (QED) is 0.741. The third kappa shape index (κ3) is 3.52. The molecule has 1 saturated heterocycles. The summed E-state index contributed by atoms with van der Waals surface area (Å²) >= 11 is 11.8. The molecule has 0 bridgehead atoms. The summed E-state index contributed by atoms with van der Waals surface area (Å²) in [6.45, 7) is 1.82. The highest BCUT2D eigenvalue weighted by atomic mass is 35.5. The lowest BCUT2D eigenvalue weighted by Crippen LogP contribution is -2.35. The Morgan fingerprint density at radius 2 is 1.88 bits per heavy atom. The van der Waals surface area contributed by atoms with Crippen LogP contribution in [-0.2, 0) is 6.42 Å². The van der Waals surface area contributed by atoms with Crippen LogP contribution in [-0.4, -0.2) is 33.5 Å². The maximum atomic E-state index is 12.0. The number of nitrogens with zero attached hydrogens (tertiary/aromatic N) is 4. The molecule has 1 aromatic carbocycles. The van der Waals surface area contributed by atoms with Crippen LogP contribution in [0.5, 0.6) is 0 Å². The van der Waals surface area contributed by atoms with Gasteiger partial charge in [0.05, 0.1) is 11.1 Å². The lowest BCUT2D eigenvalue weighted by Gasteiger charge is -2.32. The predicted molar refractivity (Wildman–Crippen MR) is 103 cm³/mol. The molecule has 1 aliphatic heterocycles. The molecule has 8 heteroatoms. The first kappa shape index (κ1) is 17.2. The lowest BCUT2D eigenvalue weighted by molar-refractivity contribution is 0.398. The number of halogens is 2. The summed E-state index contributed by atoms with van der Waals surface area (Å²) in [6.07, 6.45) is 2.88. The summed E-state index contributed by atoms with van der Waals surface area (Å²) in [5.41, 5.74) is 0.711. The molecule has 3 heterocycles. The predicted octanol–water partition coefficient (Wildman–Crippen LogP) is 3.48. The van der Waals surface area contributed by atoms with Gasteiger partial charge in [-0.15, -0.1) is 10.2 Å². The van der Waals surface area contributed by atoms with Gasteiger partial charge in [0.25, 0.3) is 5.56 Å². The molecule has 0 aliphatic carbocycles. The molecule has 26 heavy (non-hydrogen) atoms. The van der Waals surface area contributed by atoms with Crippen molar-refractivity contribution in [2.45, 2.75) is 19.3 Å². The molecule has 2 aromatic heterocycles. The van der Waals surface area contributed by atoms with E-state index in [-0.39, 0.29) is 5.56 Å². The van der Waals surface area contributed by atoms with E-state index in [1.807, 2.05) is 12.1 Å². The zero-order valence-corrected chi connectivity index (χ0v) is 15.5. The molecule has 1 fully saturated rings. The van der Waals surface area contributed by atoms with Gasteiger partial charge < -0.3 is 4.90 Å². The van der Waals surface area contributed by atoms with Crippen molar-refractivity contribution in [1.82, 2.24) is 20.4 Å². The largest absolute Gasteiger partial charge is 0.355 e. The molecule has 6 nitrogen and oxygen atoms in total. The zero-order valence-electron chi connectivity index (χ0n) is 14.0. The van der Waals surface area contributed by atoms with Gasteiger partial charge in [-0.25, -0.2) is 5.10 Å². The van der Waals surface area contributed by atoms with E-state index in [1.54, 1.807) is 18.2 Å². The Morgan fingerprint density at radius 1 is 1.08 bits per heavy atom. The van der Waals surface area contributed by atoms with Gasteiger partial charge >= 0.3 is 0 Å². The van der Waals surface area contributed by atoms with Gasteiger partial charge in [0.2, 0.25) is 0 Å². The second-order valence-corrected chi connectivity index (χ2v) is 7.36. The molecule has 3 aromatic rings. The molecule has 1 aliphatic rings. The lowest BCUT2D eigenvalue weighted by atomic mass is 9.91. The van der Waals surface area contributed by atoms with Gasteiger partial charge in [0, 0.05) is 23.5 Å². The van der Waals surface area contributed by atoms with Gasteiger partial charge in [0.1, 0.15) is 0 Å². The minimum absolute atomic E-state index is 0.206. The van der Waals surface area contributed by atoms with Crippen molar-refractivity contribution in [2.75, 3.05) is 18.0 Å². The number of anilines is 1. The van der Waals surface area contributed by atoms with Gasteiger partial charge in [0.15, 0.2) is 11.0 Å². The summed E-state index contributed by atoms with van der Waals surface area (Å²) in [5.74, 6) is 1.36. The molecular formula is C18H17Cl2N5O. The fourth-order valence-corrected chi connectivity index (χ4v) is 3.74. The van der Waals surface area contributed by atoms with Crippen molar-refractivity contribution in [3.05, 3.63) is 56.6 Å². The SMILES string of the molecule is O=c1[nH]nc(CC2CCN(c3ccc(Cl)nn3)CC2)c2ccc(Cl)cc12. The Morgan fingerprint density at radius 3 is 2.62 bits per heavy atom. The maximum absolute atomic E-state index is 12.0. The number of piperidine rings is 1. The van der Waals surface area contributed by atoms with E-state index in [4.69, 9.17) is 23.2 Å². The number of benzene rings is 1. The average Bonchev–Trinajstić information content (AvgIpc) is 2.65. The van der Waals surface area contributed by atoms with E-state index in [9.17, 15) is 4.79 Å². The van der Waals surface area contributed by atoms with E-state index >= 15 is 0 Å². The van der Waals surface area contributed by atoms with Crippen molar-refractivity contribution in [2.24, 2.45) is 5.92 Å². The molecule has 0 radical (unpaired) electrons. The van der Waals surface area contributed by atoms with E-state index in [0.29, 0.717) is 21.5 Å². The van der Waals surface area contributed by atoms with Crippen LogP contribution in [0.3, 0.4) is 0 Å². The smallest absolute Gasteiger partial charge is 0.272 e. The molecule has 0 unspecified atom stereocenters. The first-order valence-electron chi connectivity index (χ1n) is 8.51. The van der Waals surface area contributed by atoms with Crippen LogP contribution in [0, 0.1) is 5.92 Å². The van der Waals surface area contributed by atoms with Crippen LogP contribution in [0.15, 0.2) is 35.1 Å². The summed E-state index contributed by atoms with van der Waals surface area (Å²) < 4.78 is 0. The first-order valence-corrected chi connectivity index (χ1v) is 9.27. The molecule has 134 valence electrons. The Kier molecular flexibility index (Phi) is 4.78. The van der Waals surface area contributed by atoms with Crippen molar-refractivity contribution in [1.29, 1.82) is 0 Å². The second-order valence-electron chi connectivity index (χ2n) is 6.54. The average molecular weight is 390 g/mol. The van der Waals surface area contributed by atoms with Gasteiger partial charge in [-0.3, -0.25) is 4.79 Å². The zero-order chi connectivity index (χ0) is 18.1. The highest BCUT2D eigenvalue weighted by Gasteiger charge is 2.22. The molecule has 4 rings (SSSR count). The van der Waals surface area contributed by atoms with Crippen LogP contribution < -0.4 is 10.5 Å². The van der Waals surface area contributed by atoms with Crippen LogP contribution >= 0.6 is 23.2 Å². The maximum Gasteiger partial charge on any atom is 0.272 e. The van der Waals surface area contributed by atoms with Crippen LogP contribution in [0.2, 0.25) is 10.2 Å². The summed E-state index contributed by atoms with van der Waals surface area (Å²) in [4.78, 5) is 14.2. The fourth-order valence-electron chi connectivity index (χ4n) is 3.47. The number of nitrogens with one attached hydrogen (secondary N) is 1. The van der Waals surface area contributed by atoms with Crippen molar-refractivity contribution in [3.63, 3.8) is 0 Å². The van der Waals surface area contributed by atoms with Crippen LogP contribution in [0.25, 0.3) is 10.8 Å². The highest BCUT2D eigenvalue weighted by molar-refractivity contribution is 6.31. The Bertz CT molecular complexity index is 981. The van der Waals surface area contributed by atoms with E-state index in [2.05, 4.69) is 25.3 Å². The third-order valence-electron chi connectivity index (χ3n) is 4.87. The number of fused-ring (bicyclic) bond motifs is 1. The minimum atomic E-state index is -0.206. The first-order chi connectivity index (χ1) is 12.6. The highest BCUT2D eigenvalue weighted by Crippen LogP contribution is 2.26. The molecule has 0 atom stereocenters. The number of rotatable bonds is 3. The standard InChI is InChI=1S/C18H17Cl2N5O/c19-12-1-2-13-14(10-12)18(26)24-21-15(13)9-11-5-7-25(8-6-11)17-4-3-16(20)22-23-17/h1-4,10-11H,5-9H2,(H,24,26). The van der Waals surface area contributed by atoms with Gasteiger partial charge in [-0.2, -0.15) is 5.10 Å². The number of aromatic amines is 1. The Labute approximate surface area is 160 Å². The number of hydrogen-bond donors (Lipinski definition) is 1. The topological polar surface area (TPSA) is 74.8 Å². The molecule has 0 spiro atoms. The van der Waals surface area contributed by atoms with Gasteiger partial charge in [-0.1, -0.05) is 29.3 Å². The normalized spacial score (nSPS) is 15.5. The summed E-state index contributed by atoms with van der Waals surface area (Å²) in [5, 5.41) is 17.4. The summed E-state index contributed by atoms with van der Waals surface area (Å²) in [7, 11) is 0. The van der Waals surface area contributed by atoms with Gasteiger partial charge in [-0.05, 0) is 49.4 Å². The molecular weight excluding hydrogens is 373 g/mol. The molecule has 0 amide bonds. The number of hydrogen-bond acceptors (Lipinski definition) is 5. The molecule has 0 saturated carbocycles. The Hall–Kier alpha value is -2.18. The molecule has 1 N–H and O–H groups in total. The number of aromatic nitrogens is 4. The monoisotopic (exact) mass is 389 g/mol. The van der Waals surface area contributed by atoms with E-state index < -0.39 is 0 Å². The number of H-pyrrole nitrogens is 1.